The molecule has 4 heteroatoms. The summed E-state index contributed by atoms with van der Waals surface area (Å²) in [5.41, 5.74) is 6.54. The predicted molar refractivity (Wildman–Crippen MR) is 74.9 cm³/mol. The summed E-state index contributed by atoms with van der Waals surface area (Å²) >= 11 is 0. The molecule has 1 aromatic carbocycles. The van der Waals surface area contributed by atoms with E-state index in [1.54, 1.807) is 0 Å². The highest BCUT2D eigenvalue weighted by Gasteiger charge is 2.14. The molecule has 1 aromatic rings. The maximum atomic E-state index is 13.1. The van der Waals surface area contributed by atoms with E-state index >= 15 is 0 Å². The summed E-state index contributed by atoms with van der Waals surface area (Å²) < 4.78 is 26.3. The van der Waals surface area contributed by atoms with Crippen molar-refractivity contribution < 1.29 is 8.78 Å². The summed E-state index contributed by atoms with van der Waals surface area (Å²) in [5, 5.41) is 0. The number of nitrogens with zero attached hydrogens (tertiary/aromatic N) is 1. The lowest BCUT2D eigenvalue weighted by molar-refractivity contribution is 0.207. The maximum Gasteiger partial charge on any atom is 0.126 e. The highest BCUT2D eigenvalue weighted by molar-refractivity contribution is 5.21. The summed E-state index contributed by atoms with van der Waals surface area (Å²) in [6.45, 7) is 8.23. The Hall–Kier alpha value is -1.00. The van der Waals surface area contributed by atoms with Gasteiger partial charge in [-0.1, -0.05) is 13.8 Å². The number of benzene rings is 1. The average molecular weight is 270 g/mol. The summed E-state index contributed by atoms with van der Waals surface area (Å²) in [5.74, 6) is -1.14. The monoisotopic (exact) mass is 270 g/mol. The van der Waals surface area contributed by atoms with Gasteiger partial charge in [0.05, 0.1) is 0 Å². The van der Waals surface area contributed by atoms with Gasteiger partial charge in [0.25, 0.3) is 0 Å². The molecule has 0 radical (unpaired) electrons. The van der Waals surface area contributed by atoms with Crippen LogP contribution < -0.4 is 5.73 Å². The molecule has 2 unspecified atom stereocenters. The smallest absolute Gasteiger partial charge is 0.126 e. The molecule has 108 valence electrons. The molecular formula is C15H24F2N2. The Balaban J connectivity index is 2.61. The van der Waals surface area contributed by atoms with Gasteiger partial charge in [-0.05, 0) is 44.0 Å². The third-order valence-electron chi connectivity index (χ3n) is 3.66. The number of nitrogens with two attached hydrogens (primary N) is 1. The van der Waals surface area contributed by atoms with E-state index in [2.05, 4.69) is 25.7 Å². The molecule has 0 aliphatic carbocycles. The number of halogens is 2. The highest BCUT2D eigenvalue weighted by Crippen LogP contribution is 2.18. The molecule has 19 heavy (non-hydrogen) atoms. The minimum absolute atomic E-state index is 0.330. The fraction of sp³-hybridized carbons (Fsp3) is 0.600. The van der Waals surface area contributed by atoms with Crippen LogP contribution in [0.15, 0.2) is 18.2 Å². The zero-order chi connectivity index (χ0) is 14.4. The first-order valence-electron chi connectivity index (χ1n) is 6.93. The predicted octanol–water partition coefficient (Wildman–Crippen LogP) is 3.48. The van der Waals surface area contributed by atoms with Crippen LogP contribution in [-0.2, 0) is 0 Å². The Bertz CT molecular complexity index is 375. The molecule has 0 fully saturated rings. The van der Waals surface area contributed by atoms with Gasteiger partial charge in [-0.25, -0.2) is 8.78 Å². The van der Waals surface area contributed by atoms with Gasteiger partial charge in [-0.2, -0.15) is 0 Å². The Kier molecular flexibility index (Phi) is 6.38. The van der Waals surface area contributed by atoms with Crippen LogP contribution in [0.4, 0.5) is 8.78 Å². The van der Waals surface area contributed by atoms with Gasteiger partial charge in [0.2, 0.25) is 0 Å². The molecule has 0 aromatic heterocycles. The molecule has 2 atom stereocenters. The molecule has 1 rings (SSSR count). The van der Waals surface area contributed by atoms with Crippen molar-refractivity contribution >= 4 is 0 Å². The number of rotatable bonds is 7. The van der Waals surface area contributed by atoms with E-state index in [-0.39, 0.29) is 6.04 Å². The van der Waals surface area contributed by atoms with E-state index in [0.29, 0.717) is 18.0 Å². The highest BCUT2D eigenvalue weighted by atomic mass is 19.1. The first-order chi connectivity index (χ1) is 8.97. The van der Waals surface area contributed by atoms with Crippen LogP contribution >= 0.6 is 0 Å². The molecular weight excluding hydrogens is 246 g/mol. The molecule has 0 saturated heterocycles. The van der Waals surface area contributed by atoms with Gasteiger partial charge in [0, 0.05) is 24.7 Å². The second-order valence-corrected chi connectivity index (χ2v) is 4.98. The summed E-state index contributed by atoms with van der Waals surface area (Å²) in [6, 6.07) is 3.67. The van der Waals surface area contributed by atoms with Crippen molar-refractivity contribution in [1.82, 2.24) is 4.90 Å². The van der Waals surface area contributed by atoms with Crippen LogP contribution in [0.2, 0.25) is 0 Å². The van der Waals surface area contributed by atoms with Gasteiger partial charge in [0.1, 0.15) is 11.6 Å². The minimum Gasteiger partial charge on any atom is -0.324 e. The van der Waals surface area contributed by atoms with Crippen LogP contribution in [0.1, 0.15) is 45.2 Å². The summed E-state index contributed by atoms with van der Waals surface area (Å²) in [4.78, 5) is 2.33. The van der Waals surface area contributed by atoms with E-state index in [4.69, 9.17) is 5.73 Å². The van der Waals surface area contributed by atoms with Gasteiger partial charge < -0.3 is 10.6 Å². The van der Waals surface area contributed by atoms with Crippen molar-refractivity contribution in [2.75, 3.05) is 13.1 Å². The van der Waals surface area contributed by atoms with Gasteiger partial charge in [-0.15, -0.1) is 0 Å². The van der Waals surface area contributed by atoms with Crippen molar-refractivity contribution in [1.29, 1.82) is 0 Å². The second-order valence-electron chi connectivity index (χ2n) is 4.98. The molecule has 0 aliphatic heterocycles. The van der Waals surface area contributed by atoms with Crippen molar-refractivity contribution in [3.8, 4) is 0 Å². The largest absolute Gasteiger partial charge is 0.324 e. The molecule has 0 aliphatic rings. The fourth-order valence-corrected chi connectivity index (χ4v) is 2.21. The normalized spacial score (nSPS) is 14.7. The molecule has 2 nitrogen and oxygen atoms in total. The van der Waals surface area contributed by atoms with Crippen molar-refractivity contribution in [3.63, 3.8) is 0 Å². The van der Waals surface area contributed by atoms with E-state index in [9.17, 15) is 8.78 Å². The summed E-state index contributed by atoms with van der Waals surface area (Å²) in [6.07, 6.45) is 1.78. The van der Waals surface area contributed by atoms with Crippen LogP contribution in [0.3, 0.4) is 0 Å². The van der Waals surface area contributed by atoms with Crippen LogP contribution in [-0.4, -0.2) is 24.0 Å². The average Bonchev–Trinajstić information content (AvgIpc) is 2.37. The van der Waals surface area contributed by atoms with Crippen molar-refractivity contribution in [2.45, 2.75) is 45.7 Å². The van der Waals surface area contributed by atoms with E-state index in [1.165, 1.54) is 12.1 Å². The first-order valence-corrected chi connectivity index (χ1v) is 6.93. The minimum atomic E-state index is -0.570. The lowest BCUT2D eigenvalue weighted by Gasteiger charge is -2.28. The van der Waals surface area contributed by atoms with Crippen LogP contribution in [0.5, 0.6) is 0 Å². The fourth-order valence-electron chi connectivity index (χ4n) is 2.21. The molecule has 0 amide bonds. The Morgan fingerprint density at radius 3 is 2.21 bits per heavy atom. The zero-order valence-corrected chi connectivity index (χ0v) is 12.0. The molecule has 0 bridgehead atoms. The van der Waals surface area contributed by atoms with Crippen molar-refractivity contribution in [2.24, 2.45) is 5.73 Å². The molecule has 2 N–H and O–H groups in total. The van der Waals surface area contributed by atoms with E-state index < -0.39 is 11.6 Å². The lowest BCUT2D eigenvalue weighted by Crippen LogP contribution is -2.34. The third-order valence-corrected chi connectivity index (χ3v) is 3.66. The van der Waals surface area contributed by atoms with Crippen molar-refractivity contribution in [3.05, 3.63) is 35.4 Å². The van der Waals surface area contributed by atoms with Gasteiger partial charge >= 0.3 is 0 Å². The van der Waals surface area contributed by atoms with E-state index in [1.807, 2.05) is 0 Å². The Morgan fingerprint density at radius 2 is 1.74 bits per heavy atom. The van der Waals surface area contributed by atoms with Gasteiger partial charge in [0.15, 0.2) is 0 Å². The SMILES string of the molecule is CCC(C)N(CC)CCC(N)c1cc(F)cc(F)c1. The second kappa shape index (κ2) is 7.56. The number of hydrogen-bond acceptors (Lipinski definition) is 2. The maximum absolute atomic E-state index is 13.1. The zero-order valence-electron chi connectivity index (χ0n) is 12.0. The number of hydrogen-bond donors (Lipinski definition) is 1. The van der Waals surface area contributed by atoms with Gasteiger partial charge in [-0.3, -0.25) is 0 Å². The quantitative estimate of drug-likeness (QED) is 0.822. The topological polar surface area (TPSA) is 29.3 Å². The van der Waals surface area contributed by atoms with E-state index in [0.717, 1.165) is 25.6 Å². The summed E-state index contributed by atoms with van der Waals surface area (Å²) in [7, 11) is 0. The first kappa shape index (κ1) is 16.1. The standard InChI is InChI=1S/C15H24F2N2/c1-4-11(3)19(5-2)7-6-15(18)12-8-13(16)10-14(17)9-12/h8-11,15H,4-7,18H2,1-3H3. The Labute approximate surface area is 114 Å². The Morgan fingerprint density at radius 1 is 1.16 bits per heavy atom. The molecule has 0 heterocycles. The lowest BCUT2D eigenvalue weighted by atomic mass is 10.0. The van der Waals surface area contributed by atoms with Crippen LogP contribution in [0.25, 0.3) is 0 Å². The molecule has 0 spiro atoms. The third kappa shape index (κ3) is 4.88. The van der Waals surface area contributed by atoms with Crippen LogP contribution in [0, 0.1) is 11.6 Å². The molecule has 0 saturated carbocycles.